The molecular formula is C24H23FN4O. The van der Waals surface area contributed by atoms with E-state index in [-0.39, 0.29) is 11.5 Å². The summed E-state index contributed by atoms with van der Waals surface area (Å²) >= 11 is 0. The lowest BCUT2D eigenvalue weighted by atomic mass is 10.1. The molecule has 4 aromatic rings. The second-order valence-corrected chi connectivity index (χ2v) is 7.38. The zero-order valence-corrected chi connectivity index (χ0v) is 16.9. The number of nitrogens with zero attached hydrogens (tertiary/aromatic N) is 2. The van der Waals surface area contributed by atoms with Crippen LogP contribution in [0.3, 0.4) is 0 Å². The summed E-state index contributed by atoms with van der Waals surface area (Å²) in [4.78, 5) is 16.4. The van der Waals surface area contributed by atoms with Crippen molar-refractivity contribution in [2.75, 3.05) is 5.32 Å². The molecule has 0 bridgehead atoms. The van der Waals surface area contributed by atoms with Crippen molar-refractivity contribution in [3.8, 4) is 0 Å². The Bertz CT molecular complexity index is 1210. The molecule has 0 saturated heterocycles. The molecule has 5 nitrogen and oxygen atoms in total. The van der Waals surface area contributed by atoms with E-state index in [0.29, 0.717) is 18.9 Å². The molecular weight excluding hydrogens is 379 g/mol. The Morgan fingerprint density at radius 2 is 1.77 bits per heavy atom. The van der Waals surface area contributed by atoms with Crippen LogP contribution >= 0.6 is 0 Å². The Balaban J connectivity index is 1.82. The van der Waals surface area contributed by atoms with Gasteiger partial charge in [-0.05, 0) is 48.7 Å². The molecule has 0 atom stereocenters. The predicted octanol–water partition coefficient (Wildman–Crippen LogP) is 4.55. The van der Waals surface area contributed by atoms with Crippen molar-refractivity contribution >= 4 is 22.6 Å². The van der Waals surface area contributed by atoms with E-state index in [1.54, 1.807) is 18.2 Å². The first-order valence-electron chi connectivity index (χ1n) is 9.76. The van der Waals surface area contributed by atoms with Gasteiger partial charge in [0.05, 0.1) is 5.52 Å². The number of pyridine rings is 1. The van der Waals surface area contributed by atoms with Gasteiger partial charge in [0.1, 0.15) is 11.5 Å². The van der Waals surface area contributed by atoms with Crippen LogP contribution in [0.1, 0.15) is 32.9 Å². The van der Waals surface area contributed by atoms with Crippen molar-refractivity contribution < 1.29 is 9.18 Å². The van der Waals surface area contributed by atoms with Gasteiger partial charge in [-0.15, -0.1) is 0 Å². The van der Waals surface area contributed by atoms with Crippen LogP contribution in [0.15, 0.2) is 60.7 Å². The van der Waals surface area contributed by atoms with Crippen molar-refractivity contribution in [2.24, 2.45) is 5.73 Å². The highest BCUT2D eigenvalue weighted by Crippen LogP contribution is 2.31. The van der Waals surface area contributed by atoms with Crippen molar-refractivity contribution in [1.29, 1.82) is 0 Å². The highest BCUT2D eigenvalue weighted by atomic mass is 19.1. The highest BCUT2D eigenvalue weighted by Gasteiger charge is 2.19. The monoisotopic (exact) mass is 402 g/mol. The van der Waals surface area contributed by atoms with Gasteiger partial charge in [0, 0.05) is 24.2 Å². The standard InChI is InChI=1S/C24H23FN4O/c1-15-16(2)29(14-18-6-4-3-5-7-18)22-20(15)12-21(23(26)30)28-24(22)27-13-17-8-10-19(25)11-9-17/h3-12H,13-14H2,1-2H3,(H2,26,30)(H,27,28). The van der Waals surface area contributed by atoms with E-state index >= 15 is 0 Å². The summed E-state index contributed by atoms with van der Waals surface area (Å²) in [6.45, 7) is 5.22. The van der Waals surface area contributed by atoms with Crippen molar-refractivity contribution in [3.05, 3.63) is 94.6 Å². The molecule has 0 aliphatic carbocycles. The number of carbonyl (C=O) groups excluding carboxylic acids is 1. The van der Waals surface area contributed by atoms with E-state index in [1.807, 2.05) is 25.1 Å². The topological polar surface area (TPSA) is 72.9 Å². The number of primary amides is 1. The van der Waals surface area contributed by atoms with E-state index in [4.69, 9.17) is 5.73 Å². The second kappa shape index (κ2) is 7.99. The maximum absolute atomic E-state index is 13.2. The van der Waals surface area contributed by atoms with Gasteiger partial charge in [-0.25, -0.2) is 9.37 Å². The average molecular weight is 402 g/mol. The van der Waals surface area contributed by atoms with E-state index in [9.17, 15) is 9.18 Å². The molecule has 0 aliphatic rings. The van der Waals surface area contributed by atoms with Crippen LogP contribution in [0.5, 0.6) is 0 Å². The summed E-state index contributed by atoms with van der Waals surface area (Å²) in [6, 6.07) is 18.2. The predicted molar refractivity (Wildman–Crippen MR) is 117 cm³/mol. The molecule has 0 unspecified atom stereocenters. The fraction of sp³-hybridized carbons (Fsp3) is 0.167. The minimum Gasteiger partial charge on any atom is -0.364 e. The molecule has 0 radical (unpaired) electrons. The summed E-state index contributed by atoms with van der Waals surface area (Å²) < 4.78 is 15.4. The van der Waals surface area contributed by atoms with Gasteiger partial charge in [-0.2, -0.15) is 0 Å². The average Bonchev–Trinajstić information content (AvgIpc) is 2.99. The normalized spacial score (nSPS) is 11.0. The van der Waals surface area contributed by atoms with Crippen LogP contribution < -0.4 is 11.1 Å². The number of rotatable bonds is 6. The van der Waals surface area contributed by atoms with Gasteiger partial charge in [0.2, 0.25) is 0 Å². The number of amides is 1. The molecule has 0 saturated carbocycles. The fourth-order valence-corrected chi connectivity index (χ4v) is 3.66. The quantitative estimate of drug-likeness (QED) is 0.497. The third kappa shape index (κ3) is 3.76. The van der Waals surface area contributed by atoms with Crippen molar-refractivity contribution in [1.82, 2.24) is 9.55 Å². The smallest absolute Gasteiger partial charge is 0.267 e. The number of hydrogen-bond acceptors (Lipinski definition) is 3. The number of fused-ring (bicyclic) bond motifs is 1. The molecule has 2 heterocycles. The molecule has 0 aliphatic heterocycles. The number of anilines is 1. The Labute approximate surface area is 174 Å². The first kappa shape index (κ1) is 19.6. The molecule has 3 N–H and O–H groups in total. The lowest BCUT2D eigenvalue weighted by Crippen LogP contribution is -2.15. The fourth-order valence-electron chi connectivity index (χ4n) is 3.66. The third-order valence-electron chi connectivity index (χ3n) is 5.42. The van der Waals surface area contributed by atoms with Gasteiger partial charge < -0.3 is 15.6 Å². The zero-order chi connectivity index (χ0) is 21.3. The van der Waals surface area contributed by atoms with Crippen molar-refractivity contribution in [2.45, 2.75) is 26.9 Å². The summed E-state index contributed by atoms with van der Waals surface area (Å²) in [7, 11) is 0. The van der Waals surface area contributed by atoms with E-state index in [1.165, 1.54) is 17.7 Å². The maximum Gasteiger partial charge on any atom is 0.267 e. The Kier molecular flexibility index (Phi) is 5.23. The SMILES string of the molecule is Cc1c(C)n(Cc2ccccc2)c2c(NCc3ccc(F)cc3)nc(C(N)=O)cc12. The van der Waals surface area contributed by atoms with Gasteiger partial charge in [0.25, 0.3) is 5.91 Å². The summed E-state index contributed by atoms with van der Waals surface area (Å²) in [5.41, 5.74) is 10.9. The van der Waals surface area contributed by atoms with Crippen LogP contribution in [0.4, 0.5) is 10.2 Å². The largest absolute Gasteiger partial charge is 0.364 e. The number of nitrogens with one attached hydrogen (secondary N) is 1. The number of nitrogens with two attached hydrogens (primary N) is 1. The van der Waals surface area contributed by atoms with Crippen LogP contribution in [0, 0.1) is 19.7 Å². The number of hydrogen-bond donors (Lipinski definition) is 2. The Morgan fingerprint density at radius 1 is 1.07 bits per heavy atom. The first-order valence-corrected chi connectivity index (χ1v) is 9.76. The number of benzene rings is 2. The highest BCUT2D eigenvalue weighted by molar-refractivity contribution is 6.00. The van der Waals surface area contributed by atoms with Gasteiger partial charge in [-0.1, -0.05) is 42.5 Å². The number of aromatic nitrogens is 2. The van der Waals surface area contributed by atoms with Crippen LogP contribution in [0.25, 0.3) is 10.9 Å². The number of aryl methyl sites for hydroxylation is 1. The maximum atomic E-state index is 13.2. The third-order valence-corrected chi connectivity index (χ3v) is 5.42. The van der Waals surface area contributed by atoms with Crippen LogP contribution in [-0.2, 0) is 13.1 Å². The molecule has 1 amide bonds. The van der Waals surface area contributed by atoms with Crippen LogP contribution in [-0.4, -0.2) is 15.5 Å². The molecule has 4 rings (SSSR count). The van der Waals surface area contributed by atoms with E-state index < -0.39 is 5.91 Å². The lowest BCUT2D eigenvalue weighted by Gasteiger charge is -2.14. The Hall–Kier alpha value is -3.67. The minimum absolute atomic E-state index is 0.212. The molecule has 0 fully saturated rings. The summed E-state index contributed by atoms with van der Waals surface area (Å²) in [5.74, 6) is -0.273. The molecule has 30 heavy (non-hydrogen) atoms. The number of carbonyl (C=O) groups is 1. The van der Waals surface area contributed by atoms with Crippen molar-refractivity contribution in [3.63, 3.8) is 0 Å². The molecule has 152 valence electrons. The van der Waals surface area contributed by atoms with Gasteiger partial charge >= 0.3 is 0 Å². The molecule has 2 aromatic heterocycles. The summed E-state index contributed by atoms with van der Waals surface area (Å²) in [5, 5.41) is 4.26. The summed E-state index contributed by atoms with van der Waals surface area (Å²) in [6.07, 6.45) is 0. The molecule has 0 spiro atoms. The lowest BCUT2D eigenvalue weighted by molar-refractivity contribution is 0.0996. The first-order chi connectivity index (χ1) is 14.4. The Morgan fingerprint density at radius 3 is 2.43 bits per heavy atom. The van der Waals surface area contributed by atoms with E-state index in [2.05, 4.69) is 33.9 Å². The molecule has 2 aromatic carbocycles. The zero-order valence-electron chi connectivity index (χ0n) is 16.9. The van der Waals surface area contributed by atoms with E-state index in [0.717, 1.165) is 27.7 Å². The minimum atomic E-state index is -0.574. The van der Waals surface area contributed by atoms with Crippen LogP contribution in [0.2, 0.25) is 0 Å². The van der Waals surface area contributed by atoms with Gasteiger partial charge in [-0.3, -0.25) is 4.79 Å². The van der Waals surface area contributed by atoms with Gasteiger partial charge in [0.15, 0.2) is 5.82 Å². The number of halogens is 1. The molecule has 6 heteroatoms. The second-order valence-electron chi connectivity index (χ2n) is 7.38.